The number of nitrogens with zero attached hydrogens (tertiary/aromatic N) is 2. The standard InChI is InChI=1S/C21H24N4O2/c1-13(2)19(26)23-18-11-9-17(10-12-18)22-15(4)20-24-25-21(27-20)16-7-5-14(3)6-8-16/h5-13,15,22H,1-4H3,(H,23,26). The van der Waals surface area contributed by atoms with Crippen LogP contribution in [0.25, 0.3) is 11.5 Å². The van der Waals surface area contributed by atoms with Crippen molar-refractivity contribution in [2.24, 2.45) is 5.92 Å². The minimum atomic E-state index is -0.146. The second kappa shape index (κ2) is 8.03. The van der Waals surface area contributed by atoms with Crippen molar-refractivity contribution in [3.63, 3.8) is 0 Å². The van der Waals surface area contributed by atoms with E-state index in [0.717, 1.165) is 16.9 Å². The van der Waals surface area contributed by atoms with Crippen LogP contribution >= 0.6 is 0 Å². The Morgan fingerprint density at radius 2 is 1.56 bits per heavy atom. The maximum Gasteiger partial charge on any atom is 0.247 e. The number of hydrogen-bond acceptors (Lipinski definition) is 5. The fraction of sp³-hybridized carbons (Fsp3) is 0.286. The van der Waals surface area contributed by atoms with E-state index < -0.39 is 0 Å². The van der Waals surface area contributed by atoms with Crippen LogP contribution in [-0.2, 0) is 4.79 Å². The SMILES string of the molecule is Cc1ccc(-c2nnc(C(C)Nc3ccc(NC(=O)C(C)C)cc3)o2)cc1. The lowest BCUT2D eigenvalue weighted by atomic mass is 10.1. The molecule has 0 saturated heterocycles. The first-order valence-electron chi connectivity index (χ1n) is 9.00. The van der Waals surface area contributed by atoms with Crippen LogP contribution in [0.3, 0.4) is 0 Å². The van der Waals surface area contributed by atoms with Crippen molar-refractivity contribution >= 4 is 17.3 Å². The zero-order valence-corrected chi connectivity index (χ0v) is 16.0. The van der Waals surface area contributed by atoms with Gasteiger partial charge in [0.1, 0.15) is 6.04 Å². The lowest BCUT2D eigenvalue weighted by Crippen LogP contribution is -2.17. The largest absolute Gasteiger partial charge is 0.418 e. The van der Waals surface area contributed by atoms with Gasteiger partial charge >= 0.3 is 0 Å². The van der Waals surface area contributed by atoms with Crippen molar-refractivity contribution in [2.45, 2.75) is 33.7 Å². The van der Waals surface area contributed by atoms with Gasteiger partial charge in [-0.25, -0.2) is 0 Å². The normalized spacial score (nSPS) is 12.0. The summed E-state index contributed by atoms with van der Waals surface area (Å²) in [5, 5.41) is 14.5. The van der Waals surface area contributed by atoms with E-state index in [2.05, 4.69) is 20.8 Å². The number of anilines is 2. The molecule has 3 rings (SSSR count). The summed E-state index contributed by atoms with van der Waals surface area (Å²) in [6.07, 6.45) is 0. The quantitative estimate of drug-likeness (QED) is 0.656. The highest BCUT2D eigenvalue weighted by Gasteiger charge is 2.15. The second-order valence-corrected chi connectivity index (χ2v) is 6.90. The van der Waals surface area contributed by atoms with E-state index in [1.54, 1.807) is 0 Å². The van der Waals surface area contributed by atoms with E-state index in [1.165, 1.54) is 5.56 Å². The molecule has 2 N–H and O–H groups in total. The van der Waals surface area contributed by atoms with Crippen LogP contribution in [-0.4, -0.2) is 16.1 Å². The fourth-order valence-corrected chi connectivity index (χ4v) is 2.47. The molecule has 6 nitrogen and oxygen atoms in total. The highest BCUT2D eigenvalue weighted by molar-refractivity contribution is 5.92. The Balaban J connectivity index is 1.64. The molecule has 140 valence electrons. The Bertz CT molecular complexity index is 899. The number of aromatic nitrogens is 2. The smallest absolute Gasteiger partial charge is 0.247 e. The second-order valence-electron chi connectivity index (χ2n) is 6.90. The number of aryl methyl sites for hydroxylation is 1. The summed E-state index contributed by atoms with van der Waals surface area (Å²) < 4.78 is 5.80. The van der Waals surface area contributed by atoms with Gasteiger partial charge in [-0.2, -0.15) is 0 Å². The first-order chi connectivity index (χ1) is 12.9. The monoisotopic (exact) mass is 364 g/mol. The van der Waals surface area contributed by atoms with Crippen molar-refractivity contribution in [2.75, 3.05) is 10.6 Å². The number of nitrogens with one attached hydrogen (secondary N) is 2. The van der Waals surface area contributed by atoms with Gasteiger partial charge in [-0.15, -0.1) is 10.2 Å². The Labute approximate surface area is 159 Å². The number of carbonyl (C=O) groups is 1. The molecular formula is C21H24N4O2. The van der Waals surface area contributed by atoms with Gasteiger partial charge in [-0.1, -0.05) is 31.5 Å². The Morgan fingerprint density at radius 1 is 0.926 bits per heavy atom. The predicted octanol–water partition coefficient (Wildman–Crippen LogP) is 4.81. The van der Waals surface area contributed by atoms with E-state index in [0.29, 0.717) is 11.8 Å². The van der Waals surface area contributed by atoms with Crippen LogP contribution in [0.4, 0.5) is 11.4 Å². The number of rotatable bonds is 6. The summed E-state index contributed by atoms with van der Waals surface area (Å²) in [4.78, 5) is 11.7. The summed E-state index contributed by atoms with van der Waals surface area (Å²) in [5.41, 5.74) is 3.75. The zero-order valence-electron chi connectivity index (χ0n) is 16.0. The number of amides is 1. The van der Waals surface area contributed by atoms with Gasteiger partial charge in [0.15, 0.2) is 0 Å². The third-order valence-corrected chi connectivity index (χ3v) is 4.17. The van der Waals surface area contributed by atoms with Gasteiger partial charge in [-0.3, -0.25) is 4.79 Å². The molecule has 0 radical (unpaired) electrons. The number of carbonyl (C=O) groups excluding carboxylic acids is 1. The summed E-state index contributed by atoms with van der Waals surface area (Å²) >= 11 is 0. The third kappa shape index (κ3) is 4.73. The lowest BCUT2D eigenvalue weighted by Gasteiger charge is -2.13. The number of hydrogen-bond donors (Lipinski definition) is 2. The van der Waals surface area contributed by atoms with Gasteiger partial charge in [0.25, 0.3) is 0 Å². The van der Waals surface area contributed by atoms with E-state index in [4.69, 9.17) is 4.42 Å². The Kier molecular flexibility index (Phi) is 5.54. The molecule has 0 aliphatic rings. The first-order valence-corrected chi connectivity index (χ1v) is 9.00. The first kappa shape index (κ1) is 18.6. The van der Waals surface area contributed by atoms with E-state index in [9.17, 15) is 4.79 Å². The molecule has 0 saturated carbocycles. The molecule has 1 atom stereocenters. The Hall–Kier alpha value is -3.15. The molecule has 3 aromatic rings. The number of benzene rings is 2. The van der Waals surface area contributed by atoms with E-state index in [-0.39, 0.29) is 17.9 Å². The molecule has 6 heteroatoms. The molecule has 0 aliphatic carbocycles. The van der Waals surface area contributed by atoms with Crippen molar-refractivity contribution in [1.82, 2.24) is 10.2 Å². The van der Waals surface area contributed by atoms with Gasteiger partial charge in [0, 0.05) is 22.9 Å². The molecule has 1 amide bonds. The van der Waals surface area contributed by atoms with Crippen LogP contribution in [0.1, 0.15) is 38.3 Å². The van der Waals surface area contributed by atoms with Crippen LogP contribution in [0.5, 0.6) is 0 Å². The molecule has 2 aromatic carbocycles. The third-order valence-electron chi connectivity index (χ3n) is 4.17. The van der Waals surface area contributed by atoms with Gasteiger partial charge in [0.05, 0.1) is 0 Å². The van der Waals surface area contributed by atoms with E-state index >= 15 is 0 Å². The summed E-state index contributed by atoms with van der Waals surface area (Å²) in [7, 11) is 0. The summed E-state index contributed by atoms with van der Waals surface area (Å²) in [5.74, 6) is 0.967. The maximum atomic E-state index is 11.7. The minimum Gasteiger partial charge on any atom is -0.418 e. The van der Waals surface area contributed by atoms with Gasteiger partial charge in [-0.05, 0) is 50.2 Å². The van der Waals surface area contributed by atoms with Crippen LogP contribution in [0, 0.1) is 12.8 Å². The van der Waals surface area contributed by atoms with E-state index in [1.807, 2.05) is 76.2 Å². The molecular weight excluding hydrogens is 340 g/mol. The molecule has 1 heterocycles. The highest BCUT2D eigenvalue weighted by Crippen LogP contribution is 2.24. The molecule has 0 bridgehead atoms. The predicted molar refractivity (Wildman–Crippen MR) is 106 cm³/mol. The molecule has 0 aliphatic heterocycles. The molecule has 27 heavy (non-hydrogen) atoms. The van der Waals surface area contributed by atoms with Crippen molar-refractivity contribution in [1.29, 1.82) is 0 Å². The molecule has 0 fully saturated rings. The Morgan fingerprint density at radius 3 is 2.19 bits per heavy atom. The average Bonchev–Trinajstić information content (AvgIpc) is 3.14. The van der Waals surface area contributed by atoms with Gasteiger partial charge < -0.3 is 15.1 Å². The van der Waals surface area contributed by atoms with Crippen molar-refractivity contribution in [3.8, 4) is 11.5 Å². The van der Waals surface area contributed by atoms with Crippen molar-refractivity contribution in [3.05, 3.63) is 60.0 Å². The van der Waals surface area contributed by atoms with Gasteiger partial charge in [0.2, 0.25) is 17.7 Å². The van der Waals surface area contributed by atoms with Crippen LogP contribution in [0.15, 0.2) is 52.9 Å². The van der Waals surface area contributed by atoms with Crippen LogP contribution < -0.4 is 10.6 Å². The average molecular weight is 364 g/mol. The van der Waals surface area contributed by atoms with Crippen LogP contribution in [0.2, 0.25) is 0 Å². The summed E-state index contributed by atoms with van der Waals surface area (Å²) in [6, 6.07) is 15.4. The maximum absolute atomic E-state index is 11.7. The molecule has 0 spiro atoms. The highest BCUT2D eigenvalue weighted by atomic mass is 16.4. The zero-order chi connectivity index (χ0) is 19.4. The summed E-state index contributed by atoms with van der Waals surface area (Å²) in [6.45, 7) is 7.72. The lowest BCUT2D eigenvalue weighted by molar-refractivity contribution is -0.118. The minimum absolute atomic E-state index is 0.00132. The molecule has 1 unspecified atom stereocenters. The fourth-order valence-electron chi connectivity index (χ4n) is 2.47. The molecule has 1 aromatic heterocycles. The van der Waals surface area contributed by atoms with Crippen molar-refractivity contribution < 1.29 is 9.21 Å². The topological polar surface area (TPSA) is 80.0 Å².